The number of hydrogen-bond donors (Lipinski definition) is 1. The summed E-state index contributed by atoms with van der Waals surface area (Å²) in [6.07, 6.45) is 1.63. The predicted molar refractivity (Wildman–Crippen MR) is 95.4 cm³/mol. The van der Waals surface area contributed by atoms with E-state index in [2.05, 4.69) is 12.6 Å². The van der Waals surface area contributed by atoms with Crippen molar-refractivity contribution in [2.75, 3.05) is 6.61 Å². The van der Waals surface area contributed by atoms with Gasteiger partial charge in [-0.15, -0.1) is 12.6 Å². The van der Waals surface area contributed by atoms with Crippen LogP contribution in [0.4, 0.5) is 0 Å². The van der Waals surface area contributed by atoms with E-state index in [1.165, 1.54) is 0 Å². The summed E-state index contributed by atoms with van der Waals surface area (Å²) >= 11 is 4.69. The molecule has 0 radical (unpaired) electrons. The first-order valence-electron chi connectivity index (χ1n) is 7.77. The third-order valence-corrected chi connectivity index (χ3v) is 4.97. The van der Waals surface area contributed by atoms with Gasteiger partial charge in [0, 0.05) is 10.3 Å². The van der Waals surface area contributed by atoms with Crippen LogP contribution in [-0.2, 0) is 6.42 Å². The Hall–Kier alpha value is -2.20. The number of thiol groups is 1. The third-order valence-electron chi connectivity index (χ3n) is 4.39. The lowest BCUT2D eigenvalue weighted by atomic mass is 10.0. The van der Waals surface area contributed by atoms with Gasteiger partial charge < -0.3 is 4.74 Å². The van der Waals surface area contributed by atoms with Gasteiger partial charge in [-0.05, 0) is 43.5 Å². The summed E-state index contributed by atoms with van der Waals surface area (Å²) in [4.78, 5) is 13.7. The Balaban J connectivity index is 2.19. The van der Waals surface area contributed by atoms with Gasteiger partial charge in [0.2, 0.25) is 5.88 Å². The smallest absolute Gasteiger partial charge is 0.205 e. The number of aromatic nitrogens is 1. The summed E-state index contributed by atoms with van der Waals surface area (Å²) in [6, 6.07) is 13.8. The molecule has 3 nitrogen and oxygen atoms in total. The largest absolute Gasteiger partial charge is 0.478 e. The summed E-state index contributed by atoms with van der Waals surface area (Å²) in [5.74, 6) is 0.667. The van der Waals surface area contributed by atoms with Crippen LogP contribution in [0.2, 0.25) is 0 Å². The van der Waals surface area contributed by atoms with Crippen LogP contribution in [-0.4, -0.2) is 11.2 Å². The topological polar surface area (TPSA) is 31.2 Å². The van der Waals surface area contributed by atoms with E-state index in [0.29, 0.717) is 12.5 Å². The Labute approximate surface area is 139 Å². The highest BCUT2D eigenvalue weighted by Crippen LogP contribution is 2.33. The van der Waals surface area contributed by atoms with Crippen LogP contribution < -0.4 is 10.2 Å². The molecule has 0 aliphatic carbocycles. The monoisotopic (exact) mass is 323 g/mol. The Morgan fingerprint density at radius 1 is 1.13 bits per heavy atom. The number of aryl methyl sites for hydroxylation is 1. The maximum atomic E-state index is 12.8. The summed E-state index contributed by atoms with van der Waals surface area (Å²) in [5.41, 5.74) is 3.75. The molecule has 0 unspecified atom stereocenters. The summed E-state index contributed by atoms with van der Waals surface area (Å²) in [7, 11) is 0. The molecule has 2 heterocycles. The maximum absolute atomic E-state index is 12.8. The standard InChI is InChI=1S/C19H17NO2S/c1-12-6-4-10-16(18(12)23)20-15-9-3-2-7-13(15)17(21)14-8-5-11-22-19(14)20/h2-4,6-7,9-10,23H,5,8,11H2,1H3. The fourth-order valence-corrected chi connectivity index (χ4v) is 3.47. The van der Waals surface area contributed by atoms with Crippen LogP contribution >= 0.6 is 12.6 Å². The molecule has 0 spiro atoms. The second kappa shape index (κ2) is 5.46. The molecule has 4 heteroatoms. The molecular weight excluding hydrogens is 306 g/mol. The normalized spacial score (nSPS) is 13.7. The predicted octanol–water partition coefficient (Wildman–Crippen LogP) is 3.91. The number of pyridine rings is 1. The first kappa shape index (κ1) is 14.4. The number of ether oxygens (including phenoxy) is 1. The fraction of sp³-hybridized carbons (Fsp3) is 0.211. The zero-order valence-corrected chi connectivity index (χ0v) is 13.8. The molecule has 1 aliphatic heterocycles. The van der Waals surface area contributed by atoms with Gasteiger partial charge in [-0.1, -0.05) is 24.3 Å². The van der Waals surface area contributed by atoms with E-state index in [4.69, 9.17) is 4.74 Å². The Kier molecular flexibility index (Phi) is 3.42. The molecular formula is C19H17NO2S. The van der Waals surface area contributed by atoms with E-state index in [1.807, 2.05) is 54.0 Å². The second-order valence-corrected chi connectivity index (χ2v) is 6.31. The number of hydrogen-bond acceptors (Lipinski definition) is 3. The Morgan fingerprint density at radius 3 is 2.83 bits per heavy atom. The van der Waals surface area contributed by atoms with Crippen molar-refractivity contribution >= 4 is 23.5 Å². The molecule has 1 aromatic heterocycles. The van der Waals surface area contributed by atoms with Crippen LogP contribution in [0.15, 0.2) is 52.2 Å². The molecule has 1 aliphatic rings. The van der Waals surface area contributed by atoms with Gasteiger partial charge in [0.15, 0.2) is 5.43 Å². The molecule has 3 aromatic rings. The van der Waals surface area contributed by atoms with Crippen molar-refractivity contribution in [3.05, 3.63) is 63.8 Å². The van der Waals surface area contributed by atoms with E-state index in [0.717, 1.165) is 45.5 Å². The van der Waals surface area contributed by atoms with Crippen molar-refractivity contribution in [2.24, 2.45) is 0 Å². The molecule has 23 heavy (non-hydrogen) atoms. The summed E-state index contributed by atoms with van der Waals surface area (Å²) in [6.45, 7) is 2.67. The fourth-order valence-electron chi connectivity index (χ4n) is 3.22. The molecule has 116 valence electrons. The van der Waals surface area contributed by atoms with Crippen molar-refractivity contribution in [2.45, 2.75) is 24.7 Å². The summed E-state index contributed by atoms with van der Waals surface area (Å²) < 4.78 is 7.96. The highest BCUT2D eigenvalue weighted by molar-refractivity contribution is 7.80. The lowest BCUT2D eigenvalue weighted by molar-refractivity contribution is 0.270. The zero-order valence-electron chi connectivity index (χ0n) is 12.9. The van der Waals surface area contributed by atoms with Crippen LogP contribution in [0.5, 0.6) is 5.88 Å². The number of rotatable bonds is 1. The van der Waals surface area contributed by atoms with Crippen LogP contribution in [0.3, 0.4) is 0 Å². The minimum absolute atomic E-state index is 0.0833. The number of fused-ring (bicyclic) bond motifs is 2. The van der Waals surface area contributed by atoms with Crippen LogP contribution in [0.1, 0.15) is 17.5 Å². The van der Waals surface area contributed by atoms with Gasteiger partial charge in [-0.25, -0.2) is 0 Å². The average molecular weight is 323 g/mol. The van der Waals surface area contributed by atoms with Crippen molar-refractivity contribution in [3.8, 4) is 11.6 Å². The minimum atomic E-state index is 0.0833. The first-order valence-corrected chi connectivity index (χ1v) is 8.21. The van der Waals surface area contributed by atoms with E-state index >= 15 is 0 Å². The van der Waals surface area contributed by atoms with Crippen LogP contribution in [0, 0.1) is 6.92 Å². The van der Waals surface area contributed by atoms with Crippen molar-refractivity contribution in [1.82, 2.24) is 4.57 Å². The van der Waals surface area contributed by atoms with Crippen molar-refractivity contribution in [1.29, 1.82) is 0 Å². The molecule has 0 saturated carbocycles. The molecule has 0 saturated heterocycles. The quantitative estimate of drug-likeness (QED) is 0.688. The summed E-state index contributed by atoms with van der Waals surface area (Å²) in [5, 5.41) is 0.728. The Bertz CT molecular complexity index is 975. The lowest BCUT2D eigenvalue weighted by Crippen LogP contribution is -2.23. The van der Waals surface area contributed by atoms with E-state index < -0.39 is 0 Å². The molecule has 4 rings (SSSR count). The number of para-hydroxylation sites is 1. The minimum Gasteiger partial charge on any atom is -0.478 e. The molecule has 0 atom stereocenters. The van der Waals surface area contributed by atoms with Gasteiger partial charge in [-0.2, -0.15) is 0 Å². The number of nitrogens with zero attached hydrogens (tertiary/aromatic N) is 1. The van der Waals surface area contributed by atoms with Gasteiger partial charge in [-0.3, -0.25) is 9.36 Å². The average Bonchev–Trinajstić information content (AvgIpc) is 2.59. The Morgan fingerprint density at radius 2 is 1.96 bits per heavy atom. The molecule has 0 fully saturated rings. The highest BCUT2D eigenvalue weighted by Gasteiger charge is 2.22. The van der Waals surface area contributed by atoms with Crippen LogP contribution in [0.25, 0.3) is 16.6 Å². The molecule has 0 amide bonds. The zero-order chi connectivity index (χ0) is 16.0. The highest BCUT2D eigenvalue weighted by atomic mass is 32.1. The van der Waals surface area contributed by atoms with Gasteiger partial charge in [0.05, 0.1) is 23.4 Å². The molecule has 2 aromatic carbocycles. The van der Waals surface area contributed by atoms with Crippen molar-refractivity contribution < 1.29 is 4.74 Å². The van der Waals surface area contributed by atoms with E-state index in [-0.39, 0.29) is 5.43 Å². The van der Waals surface area contributed by atoms with Gasteiger partial charge >= 0.3 is 0 Å². The van der Waals surface area contributed by atoms with E-state index in [1.54, 1.807) is 0 Å². The van der Waals surface area contributed by atoms with Gasteiger partial charge in [0.25, 0.3) is 0 Å². The van der Waals surface area contributed by atoms with Gasteiger partial charge in [0.1, 0.15) is 0 Å². The van der Waals surface area contributed by atoms with Crippen molar-refractivity contribution in [3.63, 3.8) is 0 Å². The lowest BCUT2D eigenvalue weighted by Gasteiger charge is -2.24. The first-order chi connectivity index (χ1) is 11.2. The second-order valence-electron chi connectivity index (χ2n) is 5.86. The number of benzene rings is 2. The third kappa shape index (κ3) is 2.17. The SMILES string of the molecule is Cc1cccc(-n2c3c(c(=O)c4ccccc42)CCCO3)c1S. The van der Waals surface area contributed by atoms with E-state index in [9.17, 15) is 4.79 Å². The molecule has 0 N–H and O–H groups in total. The maximum Gasteiger partial charge on any atom is 0.205 e. The molecule has 0 bridgehead atoms.